The molecule has 3 nitrogen and oxygen atoms in total. The quantitative estimate of drug-likeness (QED) is 0.534. The summed E-state index contributed by atoms with van der Waals surface area (Å²) in [6, 6.07) is 5.94. The summed E-state index contributed by atoms with van der Waals surface area (Å²) in [6.07, 6.45) is 4.87. The van der Waals surface area contributed by atoms with Crippen LogP contribution in [-0.4, -0.2) is 23.5 Å². The number of unbranched alkanes of at least 4 members (excludes halogenated alkanes) is 1. The summed E-state index contributed by atoms with van der Waals surface area (Å²) in [4.78, 5) is 11.8. The highest BCUT2D eigenvalue weighted by molar-refractivity contribution is 8.77. The van der Waals surface area contributed by atoms with Crippen LogP contribution in [0.3, 0.4) is 0 Å². The van der Waals surface area contributed by atoms with Gasteiger partial charge in [-0.2, -0.15) is 8.78 Å². The number of hydrogen-bond acceptors (Lipinski definition) is 4. The number of hydrogen-bond donors (Lipinski definition) is 1. The van der Waals surface area contributed by atoms with Gasteiger partial charge in [0.25, 0.3) is 0 Å². The Labute approximate surface area is 137 Å². The predicted octanol–water partition coefficient (Wildman–Crippen LogP) is 4.94. The van der Waals surface area contributed by atoms with Gasteiger partial charge >= 0.3 is 6.61 Å². The first-order valence-electron chi connectivity index (χ1n) is 7.26. The van der Waals surface area contributed by atoms with Crippen LogP contribution in [0.2, 0.25) is 0 Å². The van der Waals surface area contributed by atoms with Crippen LogP contribution in [-0.2, 0) is 4.79 Å². The molecule has 2 rings (SSSR count). The SMILES string of the molecule is O=C(CCCCC1CCSS1)Nc1ccc(OC(F)F)cc1. The molecule has 1 atom stereocenters. The molecule has 0 bridgehead atoms. The van der Waals surface area contributed by atoms with Gasteiger partial charge in [-0.1, -0.05) is 28.0 Å². The van der Waals surface area contributed by atoms with Gasteiger partial charge in [-0.25, -0.2) is 0 Å². The Morgan fingerprint density at radius 3 is 2.73 bits per heavy atom. The Morgan fingerprint density at radius 1 is 1.32 bits per heavy atom. The minimum Gasteiger partial charge on any atom is -0.435 e. The van der Waals surface area contributed by atoms with Gasteiger partial charge in [-0.05, 0) is 43.5 Å². The van der Waals surface area contributed by atoms with Crippen molar-refractivity contribution in [3.63, 3.8) is 0 Å². The second-order valence-corrected chi connectivity index (χ2v) is 7.81. The summed E-state index contributed by atoms with van der Waals surface area (Å²) in [7, 11) is 3.89. The van der Waals surface area contributed by atoms with E-state index in [2.05, 4.69) is 10.1 Å². The Kier molecular flexibility index (Phi) is 7.32. The lowest BCUT2D eigenvalue weighted by atomic mass is 10.1. The van der Waals surface area contributed by atoms with Gasteiger partial charge < -0.3 is 10.1 Å². The zero-order chi connectivity index (χ0) is 15.8. The van der Waals surface area contributed by atoms with Gasteiger partial charge in [0.2, 0.25) is 5.91 Å². The average molecular weight is 347 g/mol. The van der Waals surface area contributed by atoms with Crippen LogP contribution in [0, 0.1) is 0 Å². The maximum absolute atomic E-state index is 12.0. The molecule has 0 radical (unpaired) electrons. The zero-order valence-electron chi connectivity index (χ0n) is 12.1. The third-order valence-electron chi connectivity index (χ3n) is 3.27. The zero-order valence-corrected chi connectivity index (χ0v) is 13.7. The smallest absolute Gasteiger partial charge is 0.387 e. The number of rotatable bonds is 8. The van der Waals surface area contributed by atoms with Gasteiger partial charge in [-0.15, -0.1) is 0 Å². The first kappa shape index (κ1) is 17.4. The summed E-state index contributed by atoms with van der Waals surface area (Å²) in [5.41, 5.74) is 0.592. The van der Waals surface area contributed by atoms with Crippen LogP contribution in [0.25, 0.3) is 0 Å². The molecule has 0 aromatic heterocycles. The maximum atomic E-state index is 12.0. The van der Waals surface area contributed by atoms with Crippen molar-refractivity contribution in [2.45, 2.75) is 44.0 Å². The van der Waals surface area contributed by atoms with E-state index in [1.165, 1.54) is 30.7 Å². The average Bonchev–Trinajstić information content (AvgIpc) is 2.98. The number of nitrogens with one attached hydrogen (secondary N) is 1. The van der Waals surface area contributed by atoms with Crippen LogP contribution in [0.15, 0.2) is 24.3 Å². The fourth-order valence-electron chi connectivity index (χ4n) is 2.17. The molecule has 0 saturated carbocycles. The second-order valence-electron chi connectivity index (χ2n) is 5.03. The summed E-state index contributed by atoms with van der Waals surface area (Å²) >= 11 is 0. The van der Waals surface area contributed by atoms with E-state index in [-0.39, 0.29) is 11.7 Å². The molecular weight excluding hydrogens is 328 g/mol. The molecule has 22 heavy (non-hydrogen) atoms. The van der Waals surface area contributed by atoms with Crippen molar-refractivity contribution in [1.82, 2.24) is 0 Å². The molecule has 1 heterocycles. The Bertz CT molecular complexity index is 465. The minimum atomic E-state index is -2.84. The van der Waals surface area contributed by atoms with Crippen molar-refractivity contribution >= 4 is 33.2 Å². The van der Waals surface area contributed by atoms with E-state index in [4.69, 9.17) is 0 Å². The first-order chi connectivity index (χ1) is 10.6. The predicted molar refractivity (Wildman–Crippen MR) is 88.6 cm³/mol. The van der Waals surface area contributed by atoms with Gasteiger partial charge in [0.1, 0.15) is 5.75 Å². The molecule has 1 unspecified atom stereocenters. The highest BCUT2D eigenvalue weighted by Crippen LogP contribution is 2.39. The molecule has 7 heteroatoms. The molecule has 0 aliphatic carbocycles. The van der Waals surface area contributed by atoms with Gasteiger partial charge in [0.15, 0.2) is 0 Å². The molecule has 1 aromatic carbocycles. The molecule has 1 aromatic rings. The molecule has 1 amide bonds. The van der Waals surface area contributed by atoms with E-state index in [1.54, 1.807) is 12.1 Å². The summed E-state index contributed by atoms with van der Waals surface area (Å²) < 4.78 is 28.3. The van der Waals surface area contributed by atoms with E-state index in [0.717, 1.165) is 18.1 Å². The van der Waals surface area contributed by atoms with Gasteiger partial charge in [0.05, 0.1) is 0 Å². The molecule has 1 aliphatic heterocycles. The second kappa shape index (κ2) is 9.25. The number of benzene rings is 1. The molecule has 1 saturated heterocycles. The van der Waals surface area contributed by atoms with Crippen molar-refractivity contribution in [2.75, 3.05) is 11.1 Å². The van der Waals surface area contributed by atoms with Crippen molar-refractivity contribution in [3.05, 3.63) is 24.3 Å². The lowest BCUT2D eigenvalue weighted by Gasteiger charge is -2.08. The number of alkyl halides is 2. The number of halogens is 2. The Balaban J connectivity index is 1.63. The van der Waals surface area contributed by atoms with Crippen LogP contribution in [0.5, 0.6) is 5.75 Å². The molecule has 122 valence electrons. The normalized spacial score (nSPS) is 17.7. The monoisotopic (exact) mass is 347 g/mol. The van der Waals surface area contributed by atoms with Gasteiger partial charge in [-0.3, -0.25) is 4.79 Å². The van der Waals surface area contributed by atoms with E-state index >= 15 is 0 Å². The van der Waals surface area contributed by atoms with Crippen LogP contribution in [0.1, 0.15) is 32.1 Å². The number of ether oxygens (including phenoxy) is 1. The van der Waals surface area contributed by atoms with Crippen molar-refractivity contribution < 1.29 is 18.3 Å². The molecular formula is C15H19F2NO2S2. The topological polar surface area (TPSA) is 38.3 Å². The molecule has 1 aliphatic rings. The third kappa shape index (κ3) is 6.44. The lowest BCUT2D eigenvalue weighted by Crippen LogP contribution is -2.11. The number of anilines is 1. The van der Waals surface area contributed by atoms with Crippen LogP contribution >= 0.6 is 21.6 Å². The Hall–Kier alpha value is -0.950. The molecule has 1 fully saturated rings. The largest absolute Gasteiger partial charge is 0.435 e. The van der Waals surface area contributed by atoms with Crippen molar-refractivity contribution in [1.29, 1.82) is 0 Å². The Morgan fingerprint density at radius 2 is 2.09 bits per heavy atom. The van der Waals surface area contributed by atoms with Crippen molar-refractivity contribution in [3.8, 4) is 5.75 Å². The number of carbonyl (C=O) groups is 1. The summed E-state index contributed by atoms with van der Waals surface area (Å²) in [5.74, 6) is 1.28. The van der Waals surface area contributed by atoms with E-state index in [1.807, 2.05) is 21.6 Å². The minimum absolute atomic E-state index is 0.0454. The summed E-state index contributed by atoms with van der Waals surface area (Å²) in [6.45, 7) is -2.84. The standard InChI is InChI=1S/C15H19F2NO2S2/c16-15(17)20-12-7-5-11(6-8-12)18-14(19)4-2-1-3-13-9-10-21-22-13/h5-8,13,15H,1-4,9-10H2,(H,18,19). The molecule has 0 spiro atoms. The third-order valence-corrected chi connectivity index (χ3v) is 6.28. The van der Waals surface area contributed by atoms with Crippen molar-refractivity contribution in [2.24, 2.45) is 0 Å². The highest BCUT2D eigenvalue weighted by Gasteiger charge is 2.15. The van der Waals surface area contributed by atoms with Gasteiger partial charge in [0, 0.05) is 23.1 Å². The highest BCUT2D eigenvalue weighted by atomic mass is 33.1. The fourth-order valence-corrected chi connectivity index (χ4v) is 5.19. The lowest BCUT2D eigenvalue weighted by molar-refractivity contribution is -0.116. The van der Waals surface area contributed by atoms with Crippen LogP contribution in [0.4, 0.5) is 14.5 Å². The molecule has 1 N–H and O–H groups in total. The fraction of sp³-hybridized carbons (Fsp3) is 0.533. The van der Waals surface area contributed by atoms with E-state index in [9.17, 15) is 13.6 Å². The number of carbonyl (C=O) groups excluding carboxylic acids is 1. The van der Waals surface area contributed by atoms with Crippen LogP contribution < -0.4 is 10.1 Å². The summed E-state index contributed by atoms with van der Waals surface area (Å²) in [5, 5.41) is 3.51. The maximum Gasteiger partial charge on any atom is 0.387 e. The first-order valence-corrected chi connectivity index (χ1v) is 9.64. The van der Waals surface area contributed by atoms with E-state index in [0.29, 0.717) is 12.1 Å². The van der Waals surface area contributed by atoms with E-state index < -0.39 is 6.61 Å². The number of amides is 1.